The molecule has 0 saturated carbocycles. The van der Waals surface area contributed by atoms with Crippen LogP contribution in [0.5, 0.6) is 0 Å². The Hall–Kier alpha value is -2.02. The van der Waals surface area contributed by atoms with E-state index >= 15 is 0 Å². The van der Waals surface area contributed by atoms with Gasteiger partial charge in [0.05, 0.1) is 5.69 Å². The molecule has 1 aromatic heterocycles. The highest BCUT2D eigenvalue weighted by Crippen LogP contribution is 2.30. The van der Waals surface area contributed by atoms with E-state index in [9.17, 15) is 9.18 Å². The van der Waals surface area contributed by atoms with Gasteiger partial charge in [-0.25, -0.2) is 4.39 Å². The maximum absolute atomic E-state index is 13.3. The van der Waals surface area contributed by atoms with Crippen molar-refractivity contribution >= 4 is 28.1 Å². The van der Waals surface area contributed by atoms with E-state index in [4.69, 9.17) is 0 Å². The SMILES string of the molecule is CNc1nnc(C(=O)N2CCc3ccc(F)cc32)s1. The van der Waals surface area contributed by atoms with Crippen LogP contribution in [0.4, 0.5) is 15.2 Å². The molecule has 19 heavy (non-hydrogen) atoms. The summed E-state index contributed by atoms with van der Waals surface area (Å²) in [6, 6.07) is 4.52. The number of halogens is 1. The molecule has 0 unspecified atom stereocenters. The summed E-state index contributed by atoms with van der Waals surface area (Å²) in [5.74, 6) is -0.574. The molecule has 1 N–H and O–H groups in total. The van der Waals surface area contributed by atoms with Gasteiger partial charge < -0.3 is 10.2 Å². The van der Waals surface area contributed by atoms with Crippen molar-refractivity contribution in [2.24, 2.45) is 0 Å². The number of nitrogens with one attached hydrogen (secondary N) is 1. The fourth-order valence-corrected chi connectivity index (χ4v) is 2.74. The van der Waals surface area contributed by atoms with Crippen LogP contribution in [0.15, 0.2) is 18.2 Å². The molecule has 1 aliphatic heterocycles. The molecule has 0 saturated heterocycles. The molecule has 0 atom stereocenters. The minimum atomic E-state index is -0.341. The zero-order chi connectivity index (χ0) is 13.4. The van der Waals surface area contributed by atoms with Gasteiger partial charge in [-0.2, -0.15) is 0 Å². The predicted octanol–water partition coefficient (Wildman–Crippen LogP) is 1.92. The van der Waals surface area contributed by atoms with Gasteiger partial charge in [-0.15, -0.1) is 10.2 Å². The Balaban J connectivity index is 1.92. The number of nitrogens with zero attached hydrogens (tertiary/aromatic N) is 3. The number of hydrogen-bond acceptors (Lipinski definition) is 5. The van der Waals surface area contributed by atoms with Crippen LogP contribution in [0.2, 0.25) is 0 Å². The molecule has 98 valence electrons. The maximum atomic E-state index is 13.3. The quantitative estimate of drug-likeness (QED) is 0.912. The highest BCUT2D eigenvalue weighted by Gasteiger charge is 2.28. The average molecular weight is 278 g/mol. The van der Waals surface area contributed by atoms with Gasteiger partial charge in [0, 0.05) is 13.6 Å². The van der Waals surface area contributed by atoms with Crippen molar-refractivity contribution in [1.29, 1.82) is 0 Å². The summed E-state index contributed by atoms with van der Waals surface area (Å²) in [7, 11) is 1.72. The van der Waals surface area contributed by atoms with E-state index < -0.39 is 0 Å². The molecule has 1 aromatic carbocycles. The monoisotopic (exact) mass is 278 g/mol. The number of fused-ring (bicyclic) bond motifs is 1. The second kappa shape index (κ2) is 4.58. The molecule has 0 aliphatic carbocycles. The third-order valence-electron chi connectivity index (χ3n) is 3.01. The Morgan fingerprint density at radius 1 is 1.47 bits per heavy atom. The first-order valence-electron chi connectivity index (χ1n) is 5.80. The van der Waals surface area contributed by atoms with E-state index in [1.165, 1.54) is 23.5 Å². The van der Waals surface area contributed by atoms with E-state index in [1.54, 1.807) is 18.0 Å². The number of carbonyl (C=O) groups is 1. The summed E-state index contributed by atoms with van der Waals surface area (Å²) in [5, 5.41) is 11.4. The highest BCUT2D eigenvalue weighted by atomic mass is 32.1. The summed E-state index contributed by atoms with van der Waals surface area (Å²) in [5.41, 5.74) is 1.61. The number of aromatic nitrogens is 2. The van der Waals surface area contributed by atoms with Crippen molar-refractivity contribution in [3.8, 4) is 0 Å². The van der Waals surface area contributed by atoms with E-state index in [0.29, 0.717) is 22.4 Å². The van der Waals surface area contributed by atoms with Crippen molar-refractivity contribution in [1.82, 2.24) is 10.2 Å². The average Bonchev–Trinajstić information content (AvgIpc) is 3.04. The van der Waals surface area contributed by atoms with Crippen LogP contribution in [-0.4, -0.2) is 29.7 Å². The summed E-state index contributed by atoms with van der Waals surface area (Å²) in [4.78, 5) is 13.9. The van der Waals surface area contributed by atoms with Gasteiger partial charge >= 0.3 is 0 Å². The molecule has 0 bridgehead atoms. The Kier molecular flexibility index (Phi) is 2.90. The van der Waals surface area contributed by atoms with Crippen molar-refractivity contribution in [3.05, 3.63) is 34.6 Å². The molecule has 5 nitrogen and oxygen atoms in total. The first-order valence-corrected chi connectivity index (χ1v) is 6.62. The maximum Gasteiger partial charge on any atom is 0.289 e. The Bertz CT molecular complexity index is 642. The molecule has 0 spiro atoms. The van der Waals surface area contributed by atoms with Crippen molar-refractivity contribution in [3.63, 3.8) is 0 Å². The van der Waals surface area contributed by atoms with Gasteiger partial charge in [-0.05, 0) is 24.1 Å². The lowest BCUT2D eigenvalue weighted by Crippen LogP contribution is -2.28. The van der Waals surface area contributed by atoms with E-state index in [1.807, 2.05) is 0 Å². The summed E-state index contributed by atoms with van der Waals surface area (Å²) in [6.07, 6.45) is 0.735. The fraction of sp³-hybridized carbons (Fsp3) is 0.250. The van der Waals surface area contributed by atoms with Gasteiger partial charge in [0.15, 0.2) is 0 Å². The van der Waals surface area contributed by atoms with Crippen LogP contribution >= 0.6 is 11.3 Å². The lowest BCUT2D eigenvalue weighted by molar-refractivity contribution is 0.0988. The van der Waals surface area contributed by atoms with Crippen LogP contribution in [0.25, 0.3) is 0 Å². The summed E-state index contributed by atoms with van der Waals surface area (Å²) < 4.78 is 13.3. The van der Waals surface area contributed by atoms with Gasteiger partial charge in [-0.3, -0.25) is 4.79 Å². The molecule has 3 rings (SSSR count). The van der Waals surface area contributed by atoms with Crippen LogP contribution in [-0.2, 0) is 6.42 Å². The van der Waals surface area contributed by atoms with E-state index in [2.05, 4.69) is 15.5 Å². The fourth-order valence-electron chi connectivity index (χ4n) is 2.09. The lowest BCUT2D eigenvalue weighted by Gasteiger charge is -2.15. The Labute approximate surface area is 113 Å². The smallest absolute Gasteiger partial charge is 0.289 e. The van der Waals surface area contributed by atoms with Gasteiger partial charge in [0.25, 0.3) is 5.91 Å². The van der Waals surface area contributed by atoms with Crippen LogP contribution in [0.1, 0.15) is 15.4 Å². The van der Waals surface area contributed by atoms with E-state index in [0.717, 1.165) is 12.0 Å². The highest BCUT2D eigenvalue weighted by molar-refractivity contribution is 7.17. The Morgan fingerprint density at radius 3 is 3.05 bits per heavy atom. The van der Waals surface area contributed by atoms with Gasteiger partial charge in [-0.1, -0.05) is 17.4 Å². The number of carbonyl (C=O) groups excluding carboxylic acids is 1. The topological polar surface area (TPSA) is 58.1 Å². The third kappa shape index (κ3) is 2.06. The zero-order valence-electron chi connectivity index (χ0n) is 10.2. The number of rotatable bonds is 2. The molecule has 2 aromatic rings. The first kappa shape index (κ1) is 12.0. The molecular weight excluding hydrogens is 267 g/mol. The lowest BCUT2D eigenvalue weighted by atomic mass is 10.2. The standard InChI is InChI=1S/C12H11FN4OS/c1-14-12-16-15-10(19-12)11(18)17-5-4-7-2-3-8(13)6-9(7)17/h2-3,6H,4-5H2,1H3,(H,14,16). The zero-order valence-corrected chi connectivity index (χ0v) is 11.0. The van der Waals surface area contributed by atoms with Crippen molar-refractivity contribution in [2.45, 2.75) is 6.42 Å². The molecule has 2 heterocycles. The number of anilines is 2. The molecule has 7 heteroatoms. The molecule has 1 amide bonds. The number of benzene rings is 1. The predicted molar refractivity (Wildman–Crippen MR) is 71.2 cm³/mol. The number of amides is 1. The van der Waals surface area contributed by atoms with Crippen molar-refractivity contribution in [2.75, 3.05) is 23.8 Å². The second-order valence-corrected chi connectivity index (χ2v) is 5.12. The second-order valence-electron chi connectivity index (χ2n) is 4.14. The van der Waals surface area contributed by atoms with Gasteiger partial charge in [0.1, 0.15) is 5.82 Å². The summed E-state index contributed by atoms with van der Waals surface area (Å²) in [6.45, 7) is 0.548. The van der Waals surface area contributed by atoms with Gasteiger partial charge in [0.2, 0.25) is 10.1 Å². The van der Waals surface area contributed by atoms with Crippen LogP contribution < -0.4 is 10.2 Å². The van der Waals surface area contributed by atoms with E-state index in [-0.39, 0.29) is 11.7 Å². The minimum absolute atomic E-state index is 0.233. The van der Waals surface area contributed by atoms with Crippen LogP contribution in [0.3, 0.4) is 0 Å². The minimum Gasteiger partial charge on any atom is -0.363 e. The third-order valence-corrected chi connectivity index (χ3v) is 3.94. The van der Waals surface area contributed by atoms with Crippen LogP contribution in [0, 0.1) is 5.82 Å². The largest absolute Gasteiger partial charge is 0.363 e. The molecule has 0 radical (unpaired) electrons. The molecule has 1 aliphatic rings. The normalized spacial score (nSPS) is 13.5. The summed E-state index contributed by atoms with van der Waals surface area (Å²) >= 11 is 1.19. The molecular formula is C12H11FN4OS. The Morgan fingerprint density at radius 2 is 2.32 bits per heavy atom. The molecule has 0 fully saturated rings. The number of hydrogen-bond donors (Lipinski definition) is 1. The first-order chi connectivity index (χ1) is 9.19. The van der Waals surface area contributed by atoms with Crippen molar-refractivity contribution < 1.29 is 9.18 Å².